The first-order valence-electron chi connectivity index (χ1n) is 6.03. The minimum atomic E-state index is -0.341. The molecule has 1 aromatic rings. The topological polar surface area (TPSA) is 66.1 Å². The van der Waals surface area contributed by atoms with E-state index >= 15 is 0 Å². The van der Waals surface area contributed by atoms with Crippen LogP contribution in [-0.2, 0) is 0 Å². The van der Waals surface area contributed by atoms with Gasteiger partial charge in [0, 0.05) is 19.3 Å². The molecular formula is C12H17N3O2. The molecule has 1 amide bonds. The van der Waals surface area contributed by atoms with Crippen LogP contribution in [0.25, 0.3) is 0 Å². The quantitative estimate of drug-likeness (QED) is 0.792. The number of carbonyl (C=O) groups excluding carboxylic acids is 1. The number of aryl methyl sites for hydroxylation is 1. The molecule has 2 heterocycles. The largest absolute Gasteiger partial charge is 0.338 e. The van der Waals surface area contributed by atoms with Crippen molar-refractivity contribution in [2.75, 3.05) is 13.1 Å². The Morgan fingerprint density at radius 3 is 2.53 bits per heavy atom. The van der Waals surface area contributed by atoms with E-state index < -0.39 is 0 Å². The predicted octanol–water partition coefficient (Wildman–Crippen LogP) is 1.09. The van der Waals surface area contributed by atoms with Crippen LogP contribution < -0.4 is 5.56 Å². The van der Waals surface area contributed by atoms with Gasteiger partial charge in [0.25, 0.3) is 11.5 Å². The van der Waals surface area contributed by atoms with E-state index in [4.69, 9.17) is 0 Å². The monoisotopic (exact) mass is 235 g/mol. The highest BCUT2D eigenvalue weighted by atomic mass is 16.2. The Labute approximate surface area is 99.9 Å². The van der Waals surface area contributed by atoms with Crippen LogP contribution in [-0.4, -0.2) is 33.9 Å². The van der Waals surface area contributed by atoms with Crippen molar-refractivity contribution in [2.24, 2.45) is 0 Å². The fourth-order valence-electron chi connectivity index (χ4n) is 2.08. The third kappa shape index (κ3) is 2.72. The Balaban J connectivity index is 2.20. The average Bonchev–Trinajstić information content (AvgIpc) is 2.56. The molecule has 0 bridgehead atoms. The predicted molar refractivity (Wildman–Crippen MR) is 64.0 cm³/mol. The van der Waals surface area contributed by atoms with Crippen LogP contribution in [0.5, 0.6) is 0 Å². The molecule has 0 aromatic carbocycles. The number of hydrogen-bond acceptors (Lipinski definition) is 3. The molecule has 0 unspecified atom stereocenters. The molecule has 5 nitrogen and oxygen atoms in total. The fourth-order valence-corrected chi connectivity index (χ4v) is 2.08. The van der Waals surface area contributed by atoms with Gasteiger partial charge in [-0.15, -0.1) is 0 Å². The number of carbonyl (C=O) groups is 1. The zero-order chi connectivity index (χ0) is 12.3. The van der Waals surface area contributed by atoms with Gasteiger partial charge in [0.2, 0.25) is 0 Å². The molecule has 1 N–H and O–H groups in total. The summed E-state index contributed by atoms with van der Waals surface area (Å²) in [6.45, 7) is 3.18. The van der Waals surface area contributed by atoms with Crippen molar-refractivity contribution < 1.29 is 4.79 Å². The lowest BCUT2D eigenvalue weighted by Crippen LogP contribution is -2.35. The van der Waals surface area contributed by atoms with E-state index in [1.165, 1.54) is 6.20 Å². The number of rotatable bonds is 1. The Morgan fingerprint density at radius 1 is 1.29 bits per heavy atom. The summed E-state index contributed by atoms with van der Waals surface area (Å²) in [5.41, 5.74) is -0.191. The molecular weight excluding hydrogens is 218 g/mol. The van der Waals surface area contributed by atoms with Gasteiger partial charge in [0.1, 0.15) is 11.4 Å². The third-order valence-corrected chi connectivity index (χ3v) is 3.05. The van der Waals surface area contributed by atoms with Crippen molar-refractivity contribution in [3.63, 3.8) is 0 Å². The van der Waals surface area contributed by atoms with Crippen LogP contribution in [0.4, 0.5) is 0 Å². The molecule has 0 atom stereocenters. The van der Waals surface area contributed by atoms with Crippen LogP contribution in [0.3, 0.4) is 0 Å². The second-order valence-electron chi connectivity index (χ2n) is 4.42. The molecule has 0 saturated carbocycles. The number of H-pyrrole nitrogens is 1. The second kappa shape index (κ2) is 5.12. The number of nitrogens with one attached hydrogen (secondary N) is 1. The van der Waals surface area contributed by atoms with Gasteiger partial charge in [0.05, 0.1) is 0 Å². The van der Waals surface area contributed by atoms with E-state index in [9.17, 15) is 9.59 Å². The molecule has 0 aliphatic carbocycles. The molecule has 2 rings (SSSR count). The van der Waals surface area contributed by atoms with E-state index in [2.05, 4.69) is 9.97 Å². The van der Waals surface area contributed by atoms with E-state index in [1.807, 2.05) is 0 Å². The highest BCUT2D eigenvalue weighted by Crippen LogP contribution is 2.11. The first kappa shape index (κ1) is 11.8. The maximum Gasteiger partial charge on any atom is 0.263 e. The van der Waals surface area contributed by atoms with E-state index in [1.54, 1.807) is 11.8 Å². The van der Waals surface area contributed by atoms with Crippen LogP contribution >= 0.6 is 0 Å². The highest BCUT2D eigenvalue weighted by molar-refractivity contribution is 5.93. The number of nitrogens with zero attached hydrogens (tertiary/aromatic N) is 2. The van der Waals surface area contributed by atoms with Crippen LogP contribution in [0, 0.1) is 6.92 Å². The maximum absolute atomic E-state index is 12.2. The zero-order valence-corrected chi connectivity index (χ0v) is 10.0. The molecule has 1 aliphatic heterocycles. The smallest absolute Gasteiger partial charge is 0.263 e. The lowest BCUT2D eigenvalue weighted by molar-refractivity contribution is 0.0759. The first-order chi connectivity index (χ1) is 8.18. The highest BCUT2D eigenvalue weighted by Gasteiger charge is 2.20. The molecule has 92 valence electrons. The van der Waals surface area contributed by atoms with Gasteiger partial charge in [-0.25, -0.2) is 4.98 Å². The summed E-state index contributed by atoms with van der Waals surface area (Å²) in [4.78, 5) is 32.1. The van der Waals surface area contributed by atoms with Crippen molar-refractivity contribution in [1.82, 2.24) is 14.9 Å². The summed E-state index contributed by atoms with van der Waals surface area (Å²) < 4.78 is 0. The number of likely N-dealkylation sites (tertiary alicyclic amines) is 1. The van der Waals surface area contributed by atoms with Gasteiger partial charge in [-0.05, 0) is 19.8 Å². The normalized spacial score (nSPS) is 16.6. The summed E-state index contributed by atoms with van der Waals surface area (Å²) >= 11 is 0. The molecule has 0 spiro atoms. The Bertz CT molecular complexity index is 459. The minimum Gasteiger partial charge on any atom is -0.338 e. The molecule has 1 aromatic heterocycles. The summed E-state index contributed by atoms with van der Waals surface area (Å²) in [5.74, 6) is 0.336. The summed E-state index contributed by atoms with van der Waals surface area (Å²) in [6.07, 6.45) is 5.73. The molecule has 0 radical (unpaired) electrons. The maximum atomic E-state index is 12.2. The van der Waals surface area contributed by atoms with Gasteiger partial charge in [-0.1, -0.05) is 12.8 Å². The van der Waals surface area contributed by atoms with Crippen molar-refractivity contribution in [2.45, 2.75) is 32.6 Å². The fraction of sp³-hybridized carbons (Fsp3) is 0.583. The number of aromatic amines is 1. The van der Waals surface area contributed by atoms with Gasteiger partial charge in [0.15, 0.2) is 0 Å². The zero-order valence-electron chi connectivity index (χ0n) is 10.0. The Kier molecular flexibility index (Phi) is 3.56. The third-order valence-electron chi connectivity index (χ3n) is 3.05. The standard InChI is InChI=1S/C12H17N3O2/c1-9-13-8-10(11(16)14-9)12(17)15-6-4-2-3-5-7-15/h8H,2-7H2,1H3,(H,13,14,16). The SMILES string of the molecule is Cc1ncc(C(=O)N2CCCCCC2)c(=O)[nH]1. The van der Waals surface area contributed by atoms with E-state index in [0.29, 0.717) is 5.82 Å². The molecule has 17 heavy (non-hydrogen) atoms. The molecule has 1 saturated heterocycles. The van der Waals surface area contributed by atoms with Crippen molar-refractivity contribution >= 4 is 5.91 Å². The van der Waals surface area contributed by atoms with E-state index in [-0.39, 0.29) is 17.0 Å². The van der Waals surface area contributed by atoms with Crippen molar-refractivity contribution in [3.05, 3.63) is 27.9 Å². The summed E-state index contributed by atoms with van der Waals surface area (Å²) in [7, 11) is 0. The lowest BCUT2D eigenvalue weighted by Gasteiger charge is -2.19. The molecule has 1 aliphatic rings. The van der Waals surface area contributed by atoms with Gasteiger partial charge >= 0.3 is 0 Å². The lowest BCUT2D eigenvalue weighted by atomic mass is 10.2. The van der Waals surface area contributed by atoms with Crippen molar-refractivity contribution in [3.8, 4) is 0 Å². The van der Waals surface area contributed by atoms with E-state index in [0.717, 1.165) is 38.8 Å². The van der Waals surface area contributed by atoms with Gasteiger partial charge < -0.3 is 9.88 Å². The van der Waals surface area contributed by atoms with Gasteiger partial charge in [-0.3, -0.25) is 9.59 Å². The summed E-state index contributed by atoms with van der Waals surface area (Å²) in [6, 6.07) is 0. The molecule has 5 heteroatoms. The number of aromatic nitrogens is 2. The summed E-state index contributed by atoms with van der Waals surface area (Å²) in [5, 5.41) is 0. The Morgan fingerprint density at radius 2 is 1.94 bits per heavy atom. The van der Waals surface area contributed by atoms with Crippen LogP contribution in [0.15, 0.2) is 11.0 Å². The first-order valence-corrected chi connectivity index (χ1v) is 6.03. The Hall–Kier alpha value is -1.65. The van der Waals surface area contributed by atoms with Gasteiger partial charge in [-0.2, -0.15) is 0 Å². The van der Waals surface area contributed by atoms with Crippen LogP contribution in [0.1, 0.15) is 41.9 Å². The van der Waals surface area contributed by atoms with Crippen LogP contribution in [0.2, 0.25) is 0 Å². The average molecular weight is 235 g/mol. The molecule has 1 fully saturated rings. The second-order valence-corrected chi connectivity index (χ2v) is 4.42. The van der Waals surface area contributed by atoms with Crippen molar-refractivity contribution in [1.29, 1.82) is 0 Å². The number of hydrogen-bond donors (Lipinski definition) is 1. The minimum absolute atomic E-state index is 0.150. The number of amides is 1.